The van der Waals surface area contributed by atoms with E-state index in [2.05, 4.69) is 52.4 Å². The van der Waals surface area contributed by atoms with E-state index in [9.17, 15) is 4.79 Å². The van der Waals surface area contributed by atoms with E-state index in [4.69, 9.17) is 11.6 Å². The van der Waals surface area contributed by atoms with Gasteiger partial charge in [0.15, 0.2) is 0 Å². The van der Waals surface area contributed by atoms with Crippen molar-refractivity contribution in [3.63, 3.8) is 0 Å². The zero-order chi connectivity index (χ0) is 15.4. The molecule has 0 aromatic heterocycles. The standard InChI is InChI=1S/C17H17BrClNO/c1-3-12-4-6-13(7-5-12)11(2)20-17(21)15-9-8-14(19)10-16(15)18/h4-11H,3H2,1-2H3,(H,20,21). The van der Waals surface area contributed by atoms with E-state index in [1.807, 2.05) is 6.92 Å². The Morgan fingerprint density at radius 1 is 1.24 bits per heavy atom. The summed E-state index contributed by atoms with van der Waals surface area (Å²) in [5.41, 5.74) is 2.96. The molecule has 0 aliphatic carbocycles. The predicted molar refractivity (Wildman–Crippen MR) is 90.9 cm³/mol. The van der Waals surface area contributed by atoms with Crippen LogP contribution in [0.5, 0.6) is 0 Å². The van der Waals surface area contributed by atoms with Gasteiger partial charge in [-0.05, 0) is 58.6 Å². The van der Waals surface area contributed by atoms with E-state index < -0.39 is 0 Å². The number of nitrogens with one attached hydrogen (secondary N) is 1. The van der Waals surface area contributed by atoms with Crippen molar-refractivity contribution in [3.8, 4) is 0 Å². The van der Waals surface area contributed by atoms with Crippen LogP contribution in [0.3, 0.4) is 0 Å². The lowest BCUT2D eigenvalue weighted by Gasteiger charge is -2.15. The van der Waals surface area contributed by atoms with E-state index in [0.29, 0.717) is 15.1 Å². The second-order valence-corrected chi connectivity index (χ2v) is 6.21. The lowest BCUT2D eigenvalue weighted by atomic mass is 10.0. The fourth-order valence-corrected chi connectivity index (χ4v) is 2.94. The average molecular weight is 367 g/mol. The average Bonchev–Trinajstić information content (AvgIpc) is 2.47. The van der Waals surface area contributed by atoms with Gasteiger partial charge in [0, 0.05) is 9.50 Å². The van der Waals surface area contributed by atoms with Crippen LogP contribution in [-0.4, -0.2) is 5.91 Å². The number of carbonyl (C=O) groups excluding carboxylic acids is 1. The molecule has 1 amide bonds. The summed E-state index contributed by atoms with van der Waals surface area (Å²) >= 11 is 9.26. The molecule has 0 saturated carbocycles. The quantitative estimate of drug-likeness (QED) is 0.796. The predicted octanol–water partition coefficient (Wildman–Crippen LogP) is 5.16. The van der Waals surface area contributed by atoms with Crippen LogP contribution in [0.15, 0.2) is 46.9 Å². The number of amides is 1. The maximum atomic E-state index is 12.3. The summed E-state index contributed by atoms with van der Waals surface area (Å²) < 4.78 is 0.695. The molecular weight excluding hydrogens is 350 g/mol. The van der Waals surface area contributed by atoms with Crippen molar-refractivity contribution in [2.45, 2.75) is 26.3 Å². The number of aryl methyl sites for hydroxylation is 1. The number of hydrogen-bond donors (Lipinski definition) is 1. The fraction of sp³-hybridized carbons (Fsp3) is 0.235. The fourth-order valence-electron chi connectivity index (χ4n) is 2.07. The van der Waals surface area contributed by atoms with Crippen LogP contribution in [0.1, 0.15) is 41.4 Å². The van der Waals surface area contributed by atoms with Crippen LogP contribution >= 0.6 is 27.5 Å². The minimum Gasteiger partial charge on any atom is -0.345 e. The van der Waals surface area contributed by atoms with Gasteiger partial charge < -0.3 is 5.32 Å². The minimum absolute atomic E-state index is 0.0500. The van der Waals surface area contributed by atoms with Crippen LogP contribution in [-0.2, 0) is 6.42 Å². The molecule has 2 rings (SSSR count). The molecule has 1 atom stereocenters. The van der Waals surface area contributed by atoms with Crippen LogP contribution in [0.4, 0.5) is 0 Å². The van der Waals surface area contributed by atoms with Crippen molar-refractivity contribution in [3.05, 3.63) is 68.7 Å². The highest BCUT2D eigenvalue weighted by molar-refractivity contribution is 9.10. The van der Waals surface area contributed by atoms with Gasteiger partial charge in [0.25, 0.3) is 5.91 Å². The van der Waals surface area contributed by atoms with E-state index in [-0.39, 0.29) is 11.9 Å². The second-order valence-electron chi connectivity index (χ2n) is 4.91. The SMILES string of the molecule is CCc1ccc(C(C)NC(=O)c2ccc(Cl)cc2Br)cc1. The number of hydrogen-bond acceptors (Lipinski definition) is 1. The topological polar surface area (TPSA) is 29.1 Å². The molecule has 0 aliphatic heterocycles. The molecule has 2 aromatic carbocycles. The summed E-state index contributed by atoms with van der Waals surface area (Å²) in [5.74, 6) is -0.120. The molecule has 21 heavy (non-hydrogen) atoms. The first-order chi connectivity index (χ1) is 10.0. The Hall–Kier alpha value is -1.32. The van der Waals surface area contributed by atoms with E-state index in [0.717, 1.165) is 12.0 Å². The highest BCUT2D eigenvalue weighted by Crippen LogP contribution is 2.22. The lowest BCUT2D eigenvalue weighted by Crippen LogP contribution is -2.26. The third kappa shape index (κ3) is 4.08. The number of rotatable bonds is 4. The normalized spacial score (nSPS) is 12.0. The van der Waals surface area contributed by atoms with Gasteiger partial charge in [0.1, 0.15) is 0 Å². The van der Waals surface area contributed by atoms with Gasteiger partial charge in [0.2, 0.25) is 0 Å². The Bertz CT molecular complexity index is 640. The van der Waals surface area contributed by atoms with Crippen molar-refractivity contribution in [1.82, 2.24) is 5.32 Å². The van der Waals surface area contributed by atoms with Gasteiger partial charge in [-0.1, -0.05) is 42.8 Å². The first-order valence-electron chi connectivity index (χ1n) is 6.86. The smallest absolute Gasteiger partial charge is 0.252 e. The Balaban J connectivity index is 2.10. The van der Waals surface area contributed by atoms with Crippen molar-refractivity contribution in [2.75, 3.05) is 0 Å². The molecule has 4 heteroatoms. The summed E-state index contributed by atoms with van der Waals surface area (Å²) in [7, 11) is 0. The first-order valence-corrected chi connectivity index (χ1v) is 8.03. The Morgan fingerprint density at radius 3 is 2.48 bits per heavy atom. The number of carbonyl (C=O) groups is 1. The Labute approximate surface area is 138 Å². The molecule has 0 radical (unpaired) electrons. The van der Waals surface area contributed by atoms with Crippen LogP contribution in [0.25, 0.3) is 0 Å². The molecule has 2 aromatic rings. The van der Waals surface area contributed by atoms with Gasteiger partial charge in [-0.2, -0.15) is 0 Å². The largest absolute Gasteiger partial charge is 0.345 e. The highest BCUT2D eigenvalue weighted by Gasteiger charge is 2.14. The highest BCUT2D eigenvalue weighted by atomic mass is 79.9. The summed E-state index contributed by atoms with van der Waals surface area (Å²) in [4.78, 5) is 12.3. The van der Waals surface area contributed by atoms with Crippen molar-refractivity contribution >= 4 is 33.4 Å². The maximum Gasteiger partial charge on any atom is 0.252 e. The molecule has 0 heterocycles. The molecule has 1 unspecified atom stereocenters. The number of benzene rings is 2. The molecule has 110 valence electrons. The minimum atomic E-state index is -0.120. The summed E-state index contributed by atoms with van der Waals surface area (Å²) in [6, 6.07) is 13.4. The van der Waals surface area contributed by atoms with Crippen molar-refractivity contribution < 1.29 is 4.79 Å². The van der Waals surface area contributed by atoms with Gasteiger partial charge in [0.05, 0.1) is 11.6 Å². The molecule has 0 aliphatic rings. The summed E-state index contributed by atoms with van der Waals surface area (Å²) in [6.45, 7) is 4.10. The van der Waals surface area contributed by atoms with Crippen molar-refractivity contribution in [1.29, 1.82) is 0 Å². The van der Waals surface area contributed by atoms with Gasteiger partial charge in [-0.25, -0.2) is 0 Å². The van der Waals surface area contributed by atoms with Crippen LogP contribution in [0, 0.1) is 0 Å². The Kier molecular flexibility index (Phi) is 5.43. The molecule has 1 N–H and O–H groups in total. The zero-order valence-corrected chi connectivity index (χ0v) is 14.3. The molecule has 0 spiro atoms. The van der Waals surface area contributed by atoms with E-state index in [1.165, 1.54) is 5.56 Å². The van der Waals surface area contributed by atoms with E-state index in [1.54, 1.807) is 18.2 Å². The van der Waals surface area contributed by atoms with E-state index >= 15 is 0 Å². The second kappa shape index (κ2) is 7.10. The third-order valence-electron chi connectivity index (χ3n) is 3.41. The third-order valence-corrected chi connectivity index (χ3v) is 4.30. The maximum absolute atomic E-state index is 12.3. The Morgan fingerprint density at radius 2 is 1.90 bits per heavy atom. The molecular formula is C17H17BrClNO. The van der Waals surface area contributed by atoms with Crippen LogP contribution < -0.4 is 5.32 Å². The molecule has 0 saturated heterocycles. The lowest BCUT2D eigenvalue weighted by molar-refractivity contribution is 0.0939. The van der Waals surface area contributed by atoms with Crippen molar-refractivity contribution in [2.24, 2.45) is 0 Å². The monoisotopic (exact) mass is 365 g/mol. The van der Waals surface area contributed by atoms with Gasteiger partial charge in [-0.15, -0.1) is 0 Å². The number of halogens is 2. The molecule has 2 nitrogen and oxygen atoms in total. The zero-order valence-electron chi connectivity index (χ0n) is 12.0. The molecule has 0 fully saturated rings. The summed E-state index contributed by atoms with van der Waals surface area (Å²) in [5, 5.41) is 3.60. The summed E-state index contributed by atoms with van der Waals surface area (Å²) in [6.07, 6.45) is 1.01. The first kappa shape index (κ1) is 16.1. The van der Waals surface area contributed by atoms with Crippen LogP contribution in [0.2, 0.25) is 5.02 Å². The van der Waals surface area contributed by atoms with Gasteiger partial charge in [-0.3, -0.25) is 4.79 Å². The molecule has 0 bridgehead atoms. The van der Waals surface area contributed by atoms with Gasteiger partial charge >= 0.3 is 0 Å².